The summed E-state index contributed by atoms with van der Waals surface area (Å²) in [6.45, 7) is 4.08. The molecule has 0 saturated heterocycles. The van der Waals surface area contributed by atoms with Crippen molar-refractivity contribution in [2.45, 2.75) is 20.5 Å². The number of nitriles is 1. The highest BCUT2D eigenvalue weighted by Crippen LogP contribution is 2.29. The predicted molar refractivity (Wildman–Crippen MR) is 83.5 cm³/mol. The molecule has 2 aromatic rings. The van der Waals surface area contributed by atoms with Crippen molar-refractivity contribution in [2.24, 2.45) is 0 Å². The molecule has 1 aromatic heterocycles. The Kier molecular flexibility index (Phi) is 4.81. The van der Waals surface area contributed by atoms with Crippen LogP contribution in [0.5, 0.6) is 11.6 Å². The summed E-state index contributed by atoms with van der Waals surface area (Å²) < 4.78 is 11.6. The van der Waals surface area contributed by atoms with Crippen LogP contribution in [0.25, 0.3) is 0 Å². The maximum atomic E-state index is 9.10. The number of nitrogens with zero attached hydrogens (tertiary/aromatic N) is 2. The van der Waals surface area contributed by atoms with E-state index < -0.39 is 0 Å². The molecule has 108 valence electrons. The second kappa shape index (κ2) is 6.59. The zero-order chi connectivity index (χ0) is 15.4. The SMILES string of the molecule is COc1ccc(COc2nc(C)c(C#N)c(Br)c2C)cc1. The first-order chi connectivity index (χ1) is 10.1. The van der Waals surface area contributed by atoms with E-state index in [0.29, 0.717) is 23.7 Å². The Morgan fingerprint density at radius 2 is 1.90 bits per heavy atom. The van der Waals surface area contributed by atoms with Crippen molar-refractivity contribution in [1.82, 2.24) is 4.98 Å². The summed E-state index contributed by atoms with van der Waals surface area (Å²) >= 11 is 3.43. The Hall–Kier alpha value is -2.06. The lowest BCUT2D eigenvalue weighted by molar-refractivity contribution is 0.290. The minimum absolute atomic E-state index is 0.412. The zero-order valence-corrected chi connectivity index (χ0v) is 13.7. The van der Waals surface area contributed by atoms with Gasteiger partial charge < -0.3 is 9.47 Å². The molecule has 0 aliphatic heterocycles. The van der Waals surface area contributed by atoms with E-state index in [4.69, 9.17) is 14.7 Å². The fourth-order valence-electron chi connectivity index (χ4n) is 1.88. The lowest BCUT2D eigenvalue weighted by Crippen LogP contribution is -2.03. The number of aryl methyl sites for hydroxylation is 1. The van der Waals surface area contributed by atoms with Gasteiger partial charge in [0.15, 0.2) is 0 Å². The molecule has 0 aliphatic carbocycles. The maximum absolute atomic E-state index is 9.10. The van der Waals surface area contributed by atoms with Gasteiger partial charge in [-0.3, -0.25) is 0 Å². The van der Waals surface area contributed by atoms with Crippen molar-refractivity contribution in [3.05, 3.63) is 51.1 Å². The van der Waals surface area contributed by atoms with Crippen molar-refractivity contribution in [1.29, 1.82) is 5.26 Å². The monoisotopic (exact) mass is 346 g/mol. The normalized spacial score (nSPS) is 10.0. The molecule has 5 heteroatoms. The van der Waals surface area contributed by atoms with Crippen molar-refractivity contribution in [3.63, 3.8) is 0 Å². The predicted octanol–water partition coefficient (Wildman–Crippen LogP) is 3.92. The van der Waals surface area contributed by atoms with Gasteiger partial charge in [-0.25, -0.2) is 4.98 Å². The van der Waals surface area contributed by atoms with Crippen LogP contribution in [0.4, 0.5) is 0 Å². The summed E-state index contributed by atoms with van der Waals surface area (Å²) in [5.74, 6) is 1.35. The minimum Gasteiger partial charge on any atom is -0.497 e. The number of pyridine rings is 1. The van der Waals surface area contributed by atoms with Gasteiger partial charge in [-0.15, -0.1) is 0 Å². The molecule has 0 saturated carbocycles. The minimum atomic E-state index is 0.412. The summed E-state index contributed by atoms with van der Waals surface area (Å²) in [6, 6.07) is 9.80. The van der Waals surface area contributed by atoms with Gasteiger partial charge in [0.25, 0.3) is 0 Å². The first-order valence-electron chi connectivity index (χ1n) is 6.39. The van der Waals surface area contributed by atoms with Gasteiger partial charge in [-0.05, 0) is 47.5 Å². The highest BCUT2D eigenvalue weighted by atomic mass is 79.9. The lowest BCUT2D eigenvalue weighted by atomic mass is 10.1. The molecule has 0 radical (unpaired) electrons. The molecule has 0 unspecified atom stereocenters. The Morgan fingerprint density at radius 1 is 1.24 bits per heavy atom. The van der Waals surface area contributed by atoms with Gasteiger partial charge >= 0.3 is 0 Å². The molecule has 1 aromatic carbocycles. The second-order valence-electron chi connectivity index (χ2n) is 4.56. The molecular formula is C16H15BrN2O2. The smallest absolute Gasteiger partial charge is 0.218 e. The fourth-order valence-corrected chi connectivity index (χ4v) is 2.42. The van der Waals surface area contributed by atoms with Gasteiger partial charge in [0.1, 0.15) is 18.4 Å². The number of methoxy groups -OCH3 is 1. The summed E-state index contributed by atoms with van der Waals surface area (Å²) in [6.07, 6.45) is 0. The number of ether oxygens (including phenoxy) is 2. The van der Waals surface area contributed by atoms with Crippen LogP contribution >= 0.6 is 15.9 Å². The summed E-state index contributed by atoms with van der Waals surface area (Å²) in [5.41, 5.74) is 3.05. The molecule has 21 heavy (non-hydrogen) atoms. The Morgan fingerprint density at radius 3 is 2.48 bits per heavy atom. The molecule has 0 aliphatic rings. The van der Waals surface area contributed by atoms with Crippen LogP contribution in [0.1, 0.15) is 22.4 Å². The van der Waals surface area contributed by atoms with E-state index in [1.54, 1.807) is 14.0 Å². The number of aromatic nitrogens is 1. The third-order valence-corrected chi connectivity index (χ3v) is 4.14. The molecule has 1 heterocycles. The first-order valence-corrected chi connectivity index (χ1v) is 7.18. The van der Waals surface area contributed by atoms with Crippen LogP contribution in [0.15, 0.2) is 28.7 Å². The molecule has 0 atom stereocenters. The van der Waals surface area contributed by atoms with E-state index in [1.165, 1.54) is 0 Å². The Bertz CT molecular complexity index is 691. The number of hydrogen-bond acceptors (Lipinski definition) is 4. The molecule has 0 N–H and O–H groups in total. The summed E-state index contributed by atoms with van der Waals surface area (Å²) in [4.78, 5) is 4.35. The quantitative estimate of drug-likeness (QED) is 0.841. The van der Waals surface area contributed by atoms with Gasteiger partial charge in [-0.1, -0.05) is 12.1 Å². The van der Waals surface area contributed by atoms with E-state index in [0.717, 1.165) is 21.3 Å². The van der Waals surface area contributed by atoms with Crippen LogP contribution in [0.3, 0.4) is 0 Å². The van der Waals surface area contributed by atoms with Crippen LogP contribution in [-0.2, 0) is 6.61 Å². The third-order valence-electron chi connectivity index (χ3n) is 3.15. The number of hydrogen-bond donors (Lipinski definition) is 0. The van der Waals surface area contributed by atoms with Crippen LogP contribution in [0, 0.1) is 25.2 Å². The standard InChI is InChI=1S/C16H15BrN2O2/c1-10-15(17)14(8-18)11(2)19-16(10)21-9-12-4-6-13(20-3)7-5-12/h4-7H,9H2,1-3H3. The summed E-state index contributed by atoms with van der Waals surface area (Å²) in [7, 11) is 1.63. The van der Waals surface area contributed by atoms with Gasteiger partial charge in [0.2, 0.25) is 5.88 Å². The molecule has 0 amide bonds. The maximum Gasteiger partial charge on any atom is 0.218 e. The zero-order valence-electron chi connectivity index (χ0n) is 12.1. The molecular weight excluding hydrogens is 332 g/mol. The topological polar surface area (TPSA) is 55.1 Å². The van der Waals surface area contributed by atoms with Crippen LogP contribution in [-0.4, -0.2) is 12.1 Å². The van der Waals surface area contributed by atoms with E-state index in [-0.39, 0.29) is 0 Å². The van der Waals surface area contributed by atoms with Crippen molar-refractivity contribution < 1.29 is 9.47 Å². The van der Waals surface area contributed by atoms with E-state index in [1.807, 2.05) is 31.2 Å². The second-order valence-corrected chi connectivity index (χ2v) is 5.36. The Balaban J connectivity index is 2.18. The third kappa shape index (κ3) is 3.34. The van der Waals surface area contributed by atoms with Gasteiger partial charge in [-0.2, -0.15) is 5.26 Å². The molecule has 4 nitrogen and oxygen atoms in total. The largest absolute Gasteiger partial charge is 0.497 e. The van der Waals surface area contributed by atoms with Crippen LogP contribution in [0.2, 0.25) is 0 Å². The van der Waals surface area contributed by atoms with Crippen LogP contribution < -0.4 is 9.47 Å². The average molecular weight is 347 g/mol. The van der Waals surface area contributed by atoms with E-state index in [9.17, 15) is 0 Å². The molecule has 2 rings (SSSR count). The highest BCUT2D eigenvalue weighted by molar-refractivity contribution is 9.10. The highest BCUT2D eigenvalue weighted by Gasteiger charge is 2.13. The average Bonchev–Trinajstić information content (AvgIpc) is 2.50. The number of rotatable bonds is 4. The molecule has 0 bridgehead atoms. The first kappa shape index (κ1) is 15.3. The number of halogens is 1. The van der Waals surface area contributed by atoms with Gasteiger partial charge in [0, 0.05) is 10.0 Å². The van der Waals surface area contributed by atoms with E-state index in [2.05, 4.69) is 27.0 Å². The van der Waals surface area contributed by atoms with E-state index >= 15 is 0 Å². The van der Waals surface area contributed by atoms with Crippen molar-refractivity contribution >= 4 is 15.9 Å². The van der Waals surface area contributed by atoms with Crippen molar-refractivity contribution in [2.75, 3.05) is 7.11 Å². The molecule has 0 fully saturated rings. The Labute approximate surface area is 132 Å². The molecule has 0 spiro atoms. The number of benzene rings is 1. The lowest BCUT2D eigenvalue weighted by Gasteiger charge is -2.12. The summed E-state index contributed by atoms with van der Waals surface area (Å²) in [5, 5.41) is 9.10. The van der Waals surface area contributed by atoms with Gasteiger partial charge in [0.05, 0.1) is 18.4 Å². The fraction of sp³-hybridized carbons (Fsp3) is 0.250. The van der Waals surface area contributed by atoms with Crippen molar-refractivity contribution in [3.8, 4) is 17.7 Å².